The Morgan fingerprint density at radius 2 is 2.20 bits per heavy atom. The predicted molar refractivity (Wildman–Crippen MR) is 82.4 cm³/mol. The standard InChI is InChI=1S/C13H17BrN4O2/c1-3-4-5-9(8(2)6-14)18-7-15-10-11(18)16-13(20)17-12(10)19/h3-4,7-9H,5-6H2,1-2H3,(H2,16,17,19,20). The summed E-state index contributed by atoms with van der Waals surface area (Å²) in [7, 11) is 0. The second-order valence-electron chi connectivity index (χ2n) is 4.76. The molecule has 2 aromatic rings. The summed E-state index contributed by atoms with van der Waals surface area (Å²) in [6.07, 6.45) is 6.48. The van der Waals surface area contributed by atoms with Gasteiger partial charge in [-0.1, -0.05) is 35.0 Å². The van der Waals surface area contributed by atoms with E-state index in [1.165, 1.54) is 0 Å². The van der Waals surface area contributed by atoms with Gasteiger partial charge in [0, 0.05) is 11.4 Å². The summed E-state index contributed by atoms with van der Waals surface area (Å²) < 4.78 is 1.87. The monoisotopic (exact) mass is 340 g/mol. The number of hydrogen-bond donors (Lipinski definition) is 2. The van der Waals surface area contributed by atoms with Crippen molar-refractivity contribution in [2.45, 2.75) is 26.3 Å². The molecule has 2 unspecified atom stereocenters. The van der Waals surface area contributed by atoms with Crippen LogP contribution in [0.4, 0.5) is 0 Å². The van der Waals surface area contributed by atoms with Gasteiger partial charge in [0.1, 0.15) is 5.65 Å². The summed E-state index contributed by atoms with van der Waals surface area (Å²) in [5.41, 5.74) is -0.239. The molecule has 0 aliphatic rings. The summed E-state index contributed by atoms with van der Waals surface area (Å²) >= 11 is 3.49. The van der Waals surface area contributed by atoms with Crippen LogP contribution in [0.5, 0.6) is 0 Å². The van der Waals surface area contributed by atoms with Gasteiger partial charge in [-0.15, -0.1) is 0 Å². The van der Waals surface area contributed by atoms with E-state index in [1.807, 2.05) is 17.6 Å². The number of halogens is 1. The van der Waals surface area contributed by atoms with Gasteiger partial charge in [0.05, 0.1) is 6.33 Å². The zero-order valence-corrected chi connectivity index (χ0v) is 13.0. The first-order valence-corrected chi connectivity index (χ1v) is 7.56. The van der Waals surface area contributed by atoms with E-state index in [9.17, 15) is 9.59 Å². The fraction of sp³-hybridized carbons (Fsp3) is 0.462. The lowest BCUT2D eigenvalue weighted by Gasteiger charge is -2.23. The number of hydrogen-bond acceptors (Lipinski definition) is 3. The van der Waals surface area contributed by atoms with Gasteiger partial charge >= 0.3 is 5.69 Å². The third kappa shape index (κ3) is 2.77. The van der Waals surface area contributed by atoms with Gasteiger partial charge in [-0.2, -0.15) is 0 Å². The maximum atomic E-state index is 11.7. The van der Waals surface area contributed by atoms with Crippen molar-refractivity contribution in [3.05, 3.63) is 39.3 Å². The molecule has 2 rings (SSSR count). The van der Waals surface area contributed by atoms with Crippen molar-refractivity contribution in [3.63, 3.8) is 0 Å². The highest BCUT2D eigenvalue weighted by atomic mass is 79.9. The molecule has 2 heterocycles. The van der Waals surface area contributed by atoms with Crippen LogP contribution in [0.15, 0.2) is 28.1 Å². The largest absolute Gasteiger partial charge is 0.327 e. The summed E-state index contributed by atoms with van der Waals surface area (Å²) in [6, 6.07) is 0.119. The minimum Gasteiger partial charge on any atom is -0.313 e. The predicted octanol–water partition coefficient (Wildman–Crippen LogP) is 1.95. The van der Waals surface area contributed by atoms with E-state index in [-0.39, 0.29) is 11.6 Å². The summed E-state index contributed by atoms with van der Waals surface area (Å²) in [4.78, 5) is 32.1. The van der Waals surface area contributed by atoms with Crippen LogP contribution in [0.2, 0.25) is 0 Å². The molecule has 0 amide bonds. The summed E-state index contributed by atoms with van der Waals surface area (Å²) in [5, 5.41) is 0.822. The van der Waals surface area contributed by atoms with Crippen molar-refractivity contribution in [1.29, 1.82) is 0 Å². The Balaban J connectivity index is 2.58. The number of nitrogens with one attached hydrogen (secondary N) is 2. The van der Waals surface area contributed by atoms with Crippen molar-refractivity contribution < 1.29 is 0 Å². The number of imidazole rings is 1. The van der Waals surface area contributed by atoms with Crippen molar-refractivity contribution in [3.8, 4) is 0 Å². The molecular weight excluding hydrogens is 324 g/mol. The maximum absolute atomic E-state index is 11.7. The molecule has 2 aromatic heterocycles. The second-order valence-corrected chi connectivity index (χ2v) is 5.41. The average Bonchev–Trinajstić information content (AvgIpc) is 2.83. The normalized spacial score (nSPS) is 14.9. The molecule has 6 nitrogen and oxygen atoms in total. The summed E-state index contributed by atoms with van der Waals surface area (Å²) in [5.74, 6) is 0.325. The molecule has 2 atom stereocenters. The molecule has 0 aromatic carbocycles. The Morgan fingerprint density at radius 3 is 2.85 bits per heavy atom. The maximum Gasteiger partial charge on any atom is 0.327 e. The van der Waals surface area contributed by atoms with E-state index >= 15 is 0 Å². The lowest BCUT2D eigenvalue weighted by Crippen LogP contribution is -2.24. The molecule has 108 valence electrons. The lowest BCUT2D eigenvalue weighted by molar-refractivity contribution is 0.393. The van der Waals surface area contributed by atoms with Gasteiger partial charge in [0.15, 0.2) is 5.52 Å². The number of alkyl halides is 1. The number of fused-ring (bicyclic) bond motifs is 1. The van der Waals surface area contributed by atoms with Gasteiger partial charge in [0.2, 0.25) is 0 Å². The van der Waals surface area contributed by atoms with Crippen LogP contribution in [0.1, 0.15) is 26.3 Å². The molecule has 0 fully saturated rings. The number of allylic oxidation sites excluding steroid dienone is 2. The molecule has 20 heavy (non-hydrogen) atoms. The zero-order chi connectivity index (χ0) is 14.7. The molecule has 0 radical (unpaired) electrons. The Morgan fingerprint density at radius 1 is 1.45 bits per heavy atom. The van der Waals surface area contributed by atoms with E-state index < -0.39 is 11.2 Å². The molecular formula is C13H17BrN4O2. The Hall–Kier alpha value is -1.63. The molecule has 0 bridgehead atoms. The minimum absolute atomic E-state index is 0.119. The zero-order valence-electron chi connectivity index (χ0n) is 11.4. The smallest absolute Gasteiger partial charge is 0.313 e. The van der Waals surface area contributed by atoms with Crippen molar-refractivity contribution in [2.75, 3.05) is 5.33 Å². The van der Waals surface area contributed by atoms with Crippen molar-refractivity contribution in [1.82, 2.24) is 19.5 Å². The molecule has 0 aliphatic carbocycles. The van der Waals surface area contributed by atoms with Crippen LogP contribution in [-0.2, 0) is 0 Å². The molecule has 2 N–H and O–H groups in total. The highest BCUT2D eigenvalue weighted by molar-refractivity contribution is 9.09. The van der Waals surface area contributed by atoms with Crippen LogP contribution in [0, 0.1) is 5.92 Å². The Bertz CT molecular complexity index is 728. The quantitative estimate of drug-likeness (QED) is 0.644. The molecule has 0 spiro atoms. The van der Waals surface area contributed by atoms with Crippen LogP contribution in [-0.4, -0.2) is 24.8 Å². The third-order valence-electron chi connectivity index (χ3n) is 3.34. The van der Waals surface area contributed by atoms with Crippen LogP contribution < -0.4 is 11.2 Å². The number of rotatable bonds is 5. The van der Waals surface area contributed by atoms with Gasteiger partial charge in [-0.25, -0.2) is 9.78 Å². The number of aromatic amines is 2. The molecule has 0 aliphatic heterocycles. The van der Waals surface area contributed by atoms with Crippen LogP contribution in [0.3, 0.4) is 0 Å². The number of aromatic nitrogens is 4. The highest BCUT2D eigenvalue weighted by Gasteiger charge is 2.20. The van der Waals surface area contributed by atoms with Gasteiger partial charge in [-0.05, 0) is 19.3 Å². The van der Waals surface area contributed by atoms with Gasteiger partial charge in [-0.3, -0.25) is 14.8 Å². The first-order valence-electron chi connectivity index (χ1n) is 6.44. The molecule has 0 saturated heterocycles. The van der Waals surface area contributed by atoms with Gasteiger partial charge in [0.25, 0.3) is 5.56 Å². The first-order chi connectivity index (χ1) is 9.58. The fourth-order valence-corrected chi connectivity index (χ4v) is 2.63. The van der Waals surface area contributed by atoms with Crippen molar-refractivity contribution in [2.24, 2.45) is 5.92 Å². The summed E-state index contributed by atoms with van der Waals surface area (Å²) in [6.45, 7) is 4.08. The SMILES string of the molecule is CC=CCC(C(C)CBr)n1cnc2c(=O)[nH]c(=O)[nH]c21. The van der Waals surface area contributed by atoms with Crippen molar-refractivity contribution >= 4 is 27.1 Å². The van der Waals surface area contributed by atoms with Crippen LogP contribution >= 0.6 is 15.9 Å². The Labute approximate surface area is 124 Å². The average molecular weight is 341 g/mol. The van der Waals surface area contributed by atoms with E-state index in [4.69, 9.17) is 0 Å². The van der Waals surface area contributed by atoms with Gasteiger partial charge < -0.3 is 4.57 Å². The minimum atomic E-state index is -0.513. The fourth-order valence-electron chi connectivity index (χ4n) is 2.20. The Kier molecular flexibility index (Phi) is 4.59. The van der Waals surface area contributed by atoms with E-state index in [0.717, 1.165) is 11.8 Å². The topological polar surface area (TPSA) is 83.5 Å². The second kappa shape index (κ2) is 6.21. The van der Waals surface area contributed by atoms with E-state index in [0.29, 0.717) is 11.6 Å². The van der Waals surface area contributed by atoms with E-state index in [2.05, 4.69) is 43.9 Å². The first kappa shape index (κ1) is 14.8. The third-order valence-corrected chi connectivity index (χ3v) is 4.36. The van der Waals surface area contributed by atoms with Crippen LogP contribution in [0.25, 0.3) is 11.2 Å². The highest BCUT2D eigenvalue weighted by Crippen LogP contribution is 2.26. The number of H-pyrrole nitrogens is 2. The van der Waals surface area contributed by atoms with E-state index in [1.54, 1.807) is 6.33 Å². The molecule has 7 heteroatoms. The lowest BCUT2D eigenvalue weighted by atomic mass is 10.0. The molecule has 0 saturated carbocycles. The number of nitrogens with zero attached hydrogens (tertiary/aromatic N) is 2.